The zero-order valence-corrected chi connectivity index (χ0v) is 9.86. The van der Waals surface area contributed by atoms with Crippen LogP contribution in [0.2, 0.25) is 5.02 Å². The Morgan fingerprint density at radius 1 is 1.67 bits per heavy atom. The van der Waals surface area contributed by atoms with Crippen LogP contribution >= 0.6 is 27.5 Å². The van der Waals surface area contributed by atoms with Crippen LogP contribution in [0.4, 0.5) is 8.78 Å². The average Bonchev–Trinajstić information content (AvgIpc) is 2.76. The van der Waals surface area contributed by atoms with E-state index in [1.807, 2.05) is 0 Å². The molecule has 2 rings (SSSR count). The zero-order valence-electron chi connectivity index (χ0n) is 7.51. The Morgan fingerprint density at radius 2 is 2.33 bits per heavy atom. The molecule has 0 spiro atoms. The van der Waals surface area contributed by atoms with E-state index in [-0.39, 0.29) is 13.0 Å². The summed E-state index contributed by atoms with van der Waals surface area (Å²) in [5.74, 6) is -2.86. The molecule has 1 aliphatic carbocycles. The minimum Gasteiger partial charge on any atom is -0.491 e. The molecule has 0 saturated heterocycles. The predicted molar refractivity (Wildman–Crippen MR) is 55.5 cm³/mol. The number of hydrogen-bond donors (Lipinski definition) is 0. The molecule has 0 aliphatic heterocycles. The van der Waals surface area contributed by atoms with Crippen molar-refractivity contribution in [1.82, 2.24) is 4.98 Å². The van der Waals surface area contributed by atoms with Gasteiger partial charge >= 0.3 is 0 Å². The molecule has 0 bridgehead atoms. The van der Waals surface area contributed by atoms with Crippen molar-refractivity contribution in [2.75, 3.05) is 6.61 Å². The van der Waals surface area contributed by atoms with Gasteiger partial charge in [0.25, 0.3) is 5.92 Å². The fourth-order valence-corrected chi connectivity index (χ4v) is 1.62. The highest BCUT2D eigenvalue weighted by molar-refractivity contribution is 9.10. The average molecular weight is 299 g/mol. The first kappa shape index (κ1) is 11.1. The lowest BCUT2D eigenvalue weighted by molar-refractivity contribution is 0.0856. The SMILES string of the molecule is FC1(F)CC1COc1cc(Br)ncc1Cl. The molecule has 1 unspecified atom stereocenters. The standard InChI is InChI=1S/C9H7BrClF2NO/c10-8-1-7(6(11)3-14-8)15-4-5-2-9(5,12)13/h1,3,5H,2,4H2. The fourth-order valence-electron chi connectivity index (χ4n) is 1.15. The van der Waals surface area contributed by atoms with E-state index in [9.17, 15) is 8.78 Å². The number of aromatic nitrogens is 1. The molecule has 0 aromatic carbocycles. The molecule has 0 radical (unpaired) electrons. The smallest absolute Gasteiger partial charge is 0.255 e. The van der Waals surface area contributed by atoms with E-state index in [1.165, 1.54) is 6.20 Å². The summed E-state index contributed by atoms with van der Waals surface area (Å²) in [4.78, 5) is 3.87. The lowest BCUT2D eigenvalue weighted by Gasteiger charge is -2.07. The van der Waals surface area contributed by atoms with E-state index in [0.717, 1.165) is 0 Å². The quantitative estimate of drug-likeness (QED) is 0.796. The summed E-state index contributed by atoms with van der Waals surface area (Å²) in [5.41, 5.74) is 0. The number of pyridine rings is 1. The first-order valence-corrected chi connectivity index (χ1v) is 5.48. The minimum absolute atomic E-state index is 0.0107. The van der Waals surface area contributed by atoms with Crippen LogP contribution < -0.4 is 4.74 Å². The molecule has 1 fully saturated rings. The van der Waals surface area contributed by atoms with E-state index in [2.05, 4.69) is 20.9 Å². The third-order valence-corrected chi connectivity index (χ3v) is 2.90. The van der Waals surface area contributed by atoms with Gasteiger partial charge in [0.2, 0.25) is 0 Å². The number of nitrogens with zero attached hydrogens (tertiary/aromatic N) is 1. The maximum absolute atomic E-state index is 12.5. The van der Waals surface area contributed by atoms with Gasteiger partial charge in [-0.1, -0.05) is 11.6 Å². The summed E-state index contributed by atoms with van der Waals surface area (Å²) in [6.07, 6.45) is 1.31. The van der Waals surface area contributed by atoms with Gasteiger partial charge in [0.05, 0.1) is 18.7 Å². The second-order valence-corrected chi connectivity index (χ2v) is 4.63. The first-order valence-electron chi connectivity index (χ1n) is 4.31. The molecule has 0 N–H and O–H groups in total. The summed E-state index contributed by atoms with van der Waals surface area (Å²) >= 11 is 8.92. The monoisotopic (exact) mass is 297 g/mol. The Morgan fingerprint density at radius 3 is 2.93 bits per heavy atom. The van der Waals surface area contributed by atoms with Crippen LogP contribution in [0.3, 0.4) is 0 Å². The van der Waals surface area contributed by atoms with Crippen LogP contribution in [0.1, 0.15) is 6.42 Å². The molecular formula is C9H7BrClF2NO. The fraction of sp³-hybridized carbons (Fsp3) is 0.444. The largest absolute Gasteiger partial charge is 0.491 e. The van der Waals surface area contributed by atoms with E-state index in [4.69, 9.17) is 16.3 Å². The van der Waals surface area contributed by atoms with Crippen LogP contribution in [0.15, 0.2) is 16.9 Å². The Labute approximate surface area is 98.7 Å². The van der Waals surface area contributed by atoms with E-state index in [0.29, 0.717) is 15.4 Å². The van der Waals surface area contributed by atoms with Gasteiger partial charge in [-0.3, -0.25) is 0 Å². The molecule has 6 heteroatoms. The number of rotatable bonds is 3. The van der Waals surface area contributed by atoms with Crippen LogP contribution in [0, 0.1) is 5.92 Å². The lowest BCUT2D eigenvalue weighted by atomic mass is 10.4. The summed E-state index contributed by atoms with van der Waals surface area (Å²) in [6.45, 7) is -0.0107. The summed E-state index contributed by atoms with van der Waals surface area (Å²) in [5, 5.41) is 0.321. The van der Waals surface area contributed by atoms with Crippen molar-refractivity contribution in [3.63, 3.8) is 0 Å². The Bertz CT molecular complexity index is 388. The van der Waals surface area contributed by atoms with Crippen molar-refractivity contribution < 1.29 is 13.5 Å². The van der Waals surface area contributed by atoms with Crippen molar-refractivity contribution in [3.8, 4) is 5.75 Å². The number of alkyl halides is 2. The zero-order chi connectivity index (χ0) is 11.1. The van der Waals surface area contributed by atoms with E-state index < -0.39 is 11.8 Å². The third-order valence-electron chi connectivity index (χ3n) is 2.18. The number of halogens is 4. The lowest BCUT2D eigenvalue weighted by Crippen LogP contribution is -2.06. The van der Waals surface area contributed by atoms with Gasteiger partial charge in [-0.05, 0) is 15.9 Å². The Kier molecular flexibility index (Phi) is 2.85. The topological polar surface area (TPSA) is 22.1 Å². The van der Waals surface area contributed by atoms with Crippen molar-refractivity contribution in [3.05, 3.63) is 21.9 Å². The van der Waals surface area contributed by atoms with Gasteiger partial charge in [-0.15, -0.1) is 0 Å². The molecule has 1 aliphatic rings. The van der Waals surface area contributed by atoms with Gasteiger partial charge in [-0.2, -0.15) is 0 Å². The van der Waals surface area contributed by atoms with E-state index >= 15 is 0 Å². The predicted octanol–water partition coefficient (Wildman–Crippen LogP) is 3.53. The van der Waals surface area contributed by atoms with Gasteiger partial charge in [-0.25, -0.2) is 13.8 Å². The van der Waals surface area contributed by atoms with Crippen molar-refractivity contribution in [2.45, 2.75) is 12.3 Å². The molecule has 15 heavy (non-hydrogen) atoms. The highest BCUT2D eigenvalue weighted by atomic mass is 79.9. The summed E-state index contributed by atoms with van der Waals surface area (Å²) < 4.78 is 30.8. The highest BCUT2D eigenvalue weighted by Gasteiger charge is 2.57. The molecular weight excluding hydrogens is 291 g/mol. The normalized spacial score (nSPS) is 22.5. The molecule has 0 amide bonds. The Hall–Kier alpha value is -0.420. The molecule has 1 aromatic heterocycles. The van der Waals surface area contributed by atoms with Crippen LogP contribution in [0.25, 0.3) is 0 Å². The van der Waals surface area contributed by atoms with Crippen LogP contribution in [0.5, 0.6) is 5.75 Å². The number of ether oxygens (including phenoxy) is 1. The van der Waals surface area contributed by atoms with E-state index in [1.54, 1.807) is 6.07 Å². The van der Waals surface area contributed by atoms with Crippen molar-refractivity contribution >= 4 is 27.5 Å². The maximum Gasteiger partial charge on any atom is 0.255 e. The molecule has 1 saturated carbocycles. The molecule has 82 valence electrons. The second kappa shape index (κ2) is 3.87. The highest BCUT2D eigenvalue weighted by Crippen LogP contribution is 2.48. The van der Waals surface area contributed by atoms with Gasteiger partial charge in [0, 0.05) is 12.5 Å². The molecule has 1 atom stereocenters. The van der Waals surface area contributed by atoms with Crippen LogP contribution in [-0.2, 0) is 0 Å². The van der Waals surface area contributed by atoms with Gasteiger partial charge < -0.3 is 4.74 Å². The van der Waals surface area contributed by atoms with Gasteiger partial charge in [0.1, 0.15) is 15.4 Å². The van der Waals surface area contributed by atoms with Crippen molar-refractivity contribution in [1.29, 1.82) is 0 Å². The molecule has 1 aromatic rings. The minimum atomic E-state index is -2.56. The number of hydrogen-bond acceptors (Lipinski definition) is 2. The second-order valence-electron chi connectivity index (χ2n) is 3.41. The van der Waals surface area contributed by atoms with Gasteiger partial charge in [0.15, 0.2) is 0 Å². The molecule has 1 heterocycles. The maximum atomic E-state index is 12.5. The van der Waals surface area contributed by atoms with Crippen LogP contribution in [-0.4, -0.2) is 17.5 Å². The summed E-state index contributed by atoms with van der Waals surface area (Å²) in [7, 11) is 0. The van der Waals surface area contributed by atoms with Crippen molar-refractivity contribution in [2.24, 2.45) is 5.92 Å². The Balaban J connectivity index is 1.96. The first-order chi connectivity index (χ1) is 6.99. The molecule has 2 nitrogen and oxygen atoms in total. The summed E-state index contributed by atoms with van der Waals surface area (Å²) in [6, 6.07) is 1.56. The third kappa shape index (κ3) is 2.58.